The summed E-state index contributed by atoms with van der Waals surface area (Å²) in [6.45, 7) is 1.30. The Balaban J connectivity index is 2.01. The van der Waals surface area contributed by atoms with Gasteiger partial charge in [-0.1, -0.05) is 11.3 Å². The van der Waals surface area contributed by atoms with E-state index >= 15 is 0 Å². The first-order valence-corrected chi connectivity index (χ1v) is 8.41. The van der Waals surface area contributed by atoms with Gasteiger partial charge in [0.05, 0.1) is 39.8 Å². The average molecular weight is 364 g/mol. The summed E-state index contributed by atoms with van der Waals surface area (Å²) in [5.41, 5.74) is 1.71. The van der Waals surface area contributed by atoms with Gasteiger partial charge in [-0.25, -0.2) is 9.50 Å². The molecule has 0 aliphatic rings. The maximum Gasteiger partial charge on any atom is 0.214 e. The Labute approximate surface area is 149 Å². The molecule has 3 rings (SSSR count). The Morgan fingerprint density at radius 3 is 2.40 bits per heavy atom. The van der Waals surface area contributed by atoms with Crippen LogP contribution in [-0.4, -0.2) is 56.2 Å². The van der Waals surface area contributed by atoms with Gasteiger partial charge in [0.15, 0.2) is 11.5 Å². The van der Waals surface area contributed by atoms with E-state index in [1.807, 2.05) is 12.1 Å². The second-order valence-corrected chi connectivity index (χ2v) is 6.03. The minimum Gasteiger partial charge on any atom is -0.493 e. The van der Waals surface area contributed by atoms with Gasteiger partial charge in [-0.2, -0.15) is 0 Å². The Bertz CT molecular complexity index is 836. The van der Waals surface area contributed by atoms with Crippen LogP contribution in [0.5, 0.6) is 17.2 Å². The summed E-state index contributed by atoms with van der Waals surface area (Å²) in [7, 11) is 6.43. The number of imidazole rings is 1. The Morgan fingerprint density at radius 1 is 1.08 bits per heavy atom. The van der Waals surface area contributed by atoms with Gasteiger partial charge >= 0.3 is 0 Å². The fourth-order valence-corrected chi connectivity index (χ4v) is 3.25. The zero-order chi connectivity index (χ0) is 17.8. The van der Waals surface area contributed by atoms with E-state index in [0.29, 0.717) is 30.4 Å². The van der Waals surface area contributed by atoms with E-state index in [1.54, 1.807) is 39.2 Å². The van der Waals surface area contributed by atoms with E-state index in [-0.39, 0.29) is 0 Å². The van der Waals surface area contributed by atoms with E-state index < -0.39 is 0 Å². The molecule has 9 heteroatoms. The van der Waals surface area contributed by atoms with Crippen molar-refractivity contribution < 1.29 is 18.9 Å². The lowest BCUT2D eigenvalue weighted by Gasteiger charge is -2.13. The zero-order valence-electron chi connectivity index (χ0n) is 14.5. The number of methoxy groups -OCH3 is 4. The summed E-state index contributed by atoms with van der Waals surface area (Å²) in [4.78, 5) is 5.23. The lowest BCUT2D eigenvalue weighted by atomic mass is 10.1. The molecule has 25 heavy (non-hydrogen) atoms. The second kappa shape index (κ2) is 7.58. The number of hydrogen-bond donors (Lipinski definition) is 1. The minimum absolute atomic E-state index is 0.551. The van der Waals surface area contributed by atoms with Crippen molar-refractivity contribution in [3.63, 3.8) is 0 Å². The highest BCUT2D eigenvalue weighted by atomic mass is 32.1. The highest BCUT2D eigenvalue weighted by molar-refractivity contribution is 7.20. The van der Waals surface area contributed by atoms with Gasteiger partial charge in [0.1, 0.15) is 0 Å². The normalized spacial score (nSPS) is 10.9. The second-order valence-electron chi connectivity index (χ2n) is 5.08. The molecular weight excluding hydrogens is 344 g/mol. The molecule has 0 fully saturated rings. The van der Waals surface area contributed by atoms with Gasteiger partial charge in [-0.05, 0) is 12.1 Å². The van der Waals surface area contributed by atoms with E-state index in [1.165, 1.54) is 11.3 Å². The van der Waals surface area contributed by atoms with Crippen LogP contribution in [0.4, 0.5) is 5.13 Å². The Kier molecular flexibility index (Phi) is 5.25. The van der Waals surface area contributed by atoms with E-state index in [4.69, 9.17) is 18.9 Å². The molecule has 0 unspecified atom stereocenters. The predicted molar refractivity (Wildman–Crippen MR) is 96.3 cm³/mol. The van der Waals surface area contributed by atoms with Crippen LogP contribution in [0, 0.1) is 0 Å². The number of benzene rings is 1. The van der Waals surface area contributed by atoms with Crippen molar-refractivity contribution in [1.82, 2.24) is 14.6 Å². The first-order chi connectivity index (χ1) is 12.2. The minimum atomic E-state index is 0.551. The number of nitrogens with one attached hydrogen (secondary N) is 1. The number of anilines is 1. The van der Waals surface area contributed by atoms with Crippen LogP contribution in [0.25, 0.3) is 16.2 Å². The molecule has 0 aliphatic carbocycles. The molecular formula is C16H20N4O4S. The molecule has 0 atom stereocenters. The lowest BCUT2D eigenvalue weighted by Crippen LogP contribution is -2.07. The van der Waals surface area contributed by atoms with Crippen LogP contribution in [0.2, 0.25) is 0 Å². The molecule has 134 valence electrons. The molecule has 1 aromatic carbocycles. The van der Waals surface area contributed by atoms with Gasteiger partial charge in [0.2, 0.25) is 15.8 Å². The third-order valence-corrected chi connectivity index (χ3v) is 4.51. The van der Waals surface area contributed by atoms with Gasteiger partial charge in [0.25, 0.3) is 0 Å². The largest absolute Gasteiger partial charge is 0.493 e. The first-order valence-electron chi connectivity index (χ1n) is 7.59. The average Bonchev–Trinajstić information content (AvgIpc) is 3.20. The van der Waals surface area contributed by atoms with Crippen LogP contribution in [0.3, 0.4) is 0 Å². The topological polar surface area (TPSA) is 79.1 Å². The summed E-state index contributed by atoms with van der Waals surface area (Å²) in [6, 6.07) is 3.75. The van der Waals surface area contributed by atoms with Crippen molar-refractivity contribution in [2.24, 2.45) is 0 Å². The van der Waals surface area contributed by atoms with E-state index in [2.05, 4.69) is 15.4 Å². The van der Waals surface area contributed by atoms with Crippen molar-refractivity contribution in [2.75, 3.05) is 46.9 Å². The molecule has 2 heterocycles. The smallest absolute Gasteiger partial charge is 0.214 e. The number of fused-ring (bicyclic) bond motifs is 1. The maximum absolute atomic E-state index is 5.42. The highest BCUT2D eigenvalue weighted by Crippen LogP contribution is 2.41. The monoisotopic (exact) mass is 364 g/mol. The lowest BCUT2D eigenvalue weighted by molar-refractivity contribution is 0.210. The molecule has 1 N–H and O–H groups in total. The molecule has 0 spiro atoms. The maximum atomic E-state index is 5.42. The number of nitrogens with zero attached hydrogens (tertiary/aromatic N) is 3. The van der Waals surface area contributed by atoms with Crippen molar-refractivity contribution >= 4 is 21.4 Å². The summed E-state index contributed by atoms with van der Waals surface area (Å²) in [5.74, 6) is 1.72. The summed E-state index contributed by atoms with van der Waals surface area (Å²) < 4.78 is 23.0. The summed E-state index contributed by atoms with van der Waals surface area (Å²) in [5, 5.41) is 8.57. The molecule has 0 amide bonds. The molecule has 0 aliphatic heterocycles. The molecule has 0 saturated carbocycles. The van der Waals surface area contributed by atoms with E-state index in [9.17, 15) is 0 Å². The number of aromatic nitrogens is 3. The van der Waals surface area contributed by atoms with Gasteiger partial charge in [0, 0.05) is 19.2 Å². The van der Waals surface area contributed by atoms with Gasteiger partial charge in [-0.3, -0.25) is 0 Å². The van der Waals surface area contributed by atoms with Crippen molar-refractivity contribution in [3.05, 3.63) is 18.3 Å². The Morgan fingerprint density at radius 2 is 1.80 bits per heavy atom. The van der Waals surface area contributed by atoms with Gasteiger partial charge < -0.3 is 24.3 Å². The van der Waals surface area contributed by atoms with E-state index in [0.717, 1.165) is 21.3 Å². The summed E-state index contributed by atoms with van der Waals surface area (Å²) >= 11 is 1.48. The molecule has 0 radical (unpaired) electrons. The van der Waals surface area contributed by atoms with Crippen LogP contribution in [0.1, 0.15) is 0 Å². The zero-order valence-corrected chi connectivity index (χ0v) is 15.3. The predicted octanol–water partition coefficient (Wildman–Crippen LogP) is 2.54. The first kappa shape index (κ1) is 17.3. The fraction of sp³-hybridized carbons (Fsp3) is 0.375. The number of rotatable bonds is 8. The summed E-state index contributed by atoms with van der Waals surface area (Å²) in [6.07, 6.45) is 1.78. The molecule has 3 aromatic rings. The van der Waals surface area contributed by atoms with Crippen LogP contribution >= 0.6 is 11.3 Å². The van der Waals surface area contributed by atoms with Crippen molar-refractivity contribution in [2.45, 2.75) is 0 Å². The van der Waals surface area contributed by atoms with Crippen molar-refractivity contribution in [3.8, 4) is 28.5 Å². The Hall–Kier alpha value is -2.52. The molecule has 0 bridgehead atoms. The third kappa shape index (κ3) is 3.33. The molecule has 8 nitrogen and oxygen atoms in total. The van der Waals surface area contributed by atoms with Gasteiger partial charge in [-0.15, -0.1) is 5.10 Å². The van der Waals surface area contributed by atoms with Crippen LogP contribution in [-0.2, 0) is 4.74 Å². The SMILES string of the molecule is COCCNc1nn2c(-c3cc(OC)c(OC)c(OC)c3)cnc2s1. The number of ether oxygens (including phenoxy) is 4. The fourth-order valence-electron chi connectivity index (χ4n) is 2.45. The highest BCUT2D eigenvalue weighted by Gasteiger charge is 2.17. The van der Waals surface area contributed by atoms with Crippen LogP contribution < -0.4 is 19.5 Å². The standard InChI is InChI=1S/C16H20N4O4S/c1-21-6-5-17-15-19-20-11(9-18-16(20)25-15)10-7-12(22-2)14(24-4)13(8-10)23-3/h7-9H,5-6H2,1-4H3,(H,17,19). The molecule has 0 saturated heterocycles. The quantitative estimate of drug-likeness (QED) is 0.615. The molecule has 2 aromatic heterocycles. The third-order valence-electron chi connectivity index (χ3n) is 3.63. The van der Waals surface area contributed by atoms with Crippen LogP contribution in [0.15, 0.2) is 18.3 Å². The van der Waals surface area contributed by atoms with Crippen molar-refractivity contribution in [1.29, 1.82) is 0 Å². The number of hydrogen-bond acceptors (Lipinski definition) is 8.